The van der Waals surface area contributed by atoms with E-state index in [1.807, 2.05) is 22.8 Å². The van der Waals surface area contributed by atoms with Crippen molar-refractivity contribution in [3.05, 3.63) is 27.4 Å². The van der Waals surface area contributed by atoms with Gasteiger partial charge in [-0.25, -0.2) is 8.42 Å². The fourth-order valence-electron chi connectivity index (χ4n) is 2.57. The maximum absolute atomic E-state index is 11.9. The molecule has 0 spiro atoms. The Kier molecular flexibility index (Phi) is 3.31. The summed E-state index contributed by atoms with van der Waals surface area (Å²) in [7, 11) is -2.95. The standard InChI is InChI=1S/C12H13BrN2O2S2/c13-8-3-4-10-11(6-8)15(12(18)14-10)7-9-2-1-5-19(9,16)17/h3-4,6,9H,1-2,5,7H2,(H,14,18). The molecular weight excluding hydrogens is 348 g/mol. The number of hydrogen-bond acceptors (Lipinski definition) is 3. The average Bonchev–Trinajstić information content (AvgIpc) is 2.82. The first-order chi connectivity index (χ1) is 8.97. The minimum Gasteiger partial charge on any atom is -0.331 e. The molecule has 1 aromatic carbocycles. The summed E-state index contributed by atoms with van der Waals surface area (Å²) in [6, 6.07) is 5.84. The molecule has 1 saturated heterocycles. The van der Waals surface area contributed by atoms with Crippen LogP contribution in [0, 0.1) is 4.77 Å². The van der Waals surface area contributed by atoms with Crippen LogP contribution in [0.15, 0.2) is 22.7 Å². The van der Waals surface area contributed by atoms with E-state index >= 15 is 0 Å². The third-order valence-electron chi connectivity index (χ3n) is 3.59. The summed E-state index contributed by atoms with van der Waals surface area (Å²) in [4.78, 5) is 3.12. The Bertz CT molecular complexity index is 792. The molecule has 1 unspecified atom stereocenters. The van der Waals surface area contributed by atoms with Crippen molar-refractivity contribution < 1.29 is 8.42 Å². The van der Waals surface area contributed by atoms with Crippen LogP contribution in [-0.4, -0.2) is 29.0 Å². The molecule has 4 nitrogen and oxygen atoms in total. The first kappa shape index (κ1) is 13.3. The molecular formula is C12H13BrN2O2S2. The van der Waals surface area contributed by atoms with Crippen molar-refractivity contribution in [3.8, 4) is 0 Å². The molecule has 0 amide bonds. The first-order valence-corrected chi connectivity index (χ1v) is 8.99. The number of sulfone groups is 1. The van der Waals surface area contributed by atoms with Gasteiger partial charge in [0.2, 0.25) is 0 Å². The van der Waals surface area contributed by atoms with Gasteiger partial charge in [0.25, 0.3) is 0 Å². The molecule has 102 valence electrons. The van der Waals surface area contributed by atoms with Crippen LogP contribution >= 0.6 is 28.1 Å². The van der Waals surface area contributed by atoms with E-state index in [9.17, 15) is 8.42 Å². The molecule has 0 aliphatic carbocycles. The third-order valence-corrected chi connectivity index (χ3v) is 6.66. The number of benzene rings is 1. The summed E-state index contributed by atoms with van der Waals surface area (Å²) in [6.07, 6.45) is 1.48. The first-order valence-electron chi connectivity index (χ1n) is 6.07. The minimum atomic E-state index is -2.95. The van der Waals surface area contributed by atoms with E-state index in [0.29, 0.717) is 17.1 Å². The lowest BCUT2D eigenvalue weighted by molar-refractivity contribution is 0.568. The van der Waals surface area contributed by atoms with Crippen LogP contribution in [0.4, 0.5) is 0 Å². The molecule has 1 aliphatic rings. The van der Waals surface area contributed by atoms with Gasteiger partial charge in [0, 0.05) is 11.0 Å². The van der Waals surface area contributed by atoms with Gasteiger partial charge >= 0.3 is 0 Å². The SMILES string of the molecule is O=S1(=O)CCCC1Cn1c(=S)[nH]c2ccc(Br)cc21. The number of imidazole rings is 1. The second-order valence-electron chi connectivity index (χ2n) is 4.83. The number of hydrogen-bond donors (Lipinski definition) is 1. The average molecular weight is 361 g/mol. The summed E-state index contributed by atoms with van der Waals surface area (Å²) < 4.78 is 27.3. The Balaban J connectivity index is 2.08. The second-order valence-corrected chi connectivity index (χ2v) is 8.54. The highest BCUT2D eigenvalue weighted by atomic mass is 79.9. The van der Waals surface area contributed by atoms with E-state index in [4.69, 9.17) is 12.2 Å². The maximum Gasteiger partial charge on any atom is 0.178 e. The molecule has 7 heteroatoms. The van der Waals surface area contributed by atoms with Crippen molar-refractivity contribution in [2.75, 3.05) is 5.75 Å². The molecule has 2 heterocycles. The van der Waals surface area contributed by atoms with Crippen molar-refractivity contribution in [3.63, 3.8) is 0 Å². The zero-order chi connectivity index (χ0) is 13.6. The van der Waals surface area contributed by atoms with Gasteiger partial charge in [-0.1, -0.05) is 15.9 Å². The summed E-state index contributed by atoms with van der Waals surface area (Å²) >= 11 is 8.73. The lowest BCUT2D eigenvalue weighted by Crippen LogP contribution is -2.22. The third kappa shape index (κ3) is 2.39. The number of nitrogens with one attached hydrogen (secondary N) is 1. The lowest BCUT2D eigenvalue weighted by atomic mass is 10.2. The van der Waals surface area contributed by atoms with Crippen molar-refractivity contribution >= 4 is 49.0 Å². The fourth-order valence-corrected chi connectivity index (χ4v) is 5.01. The van der Waals surface area contributed by atoms with Crippen LogP contribution < -0.4 is 0 Å². The molecule has 0 bridgehead atoms. The summed E-state index contributed by atoms with van der Waals surface area (Å²) in [6.45, 7) is 0.442. The van der Waals surface area contributed by atoms with Crippen LogP contribution in [0.5, 0.6) is 0 Å². The second kappa shape index (κ2) is 4.71. The molecule has 1 aliphatic heterocycles. The Morgan fingerprint density at radius 3 is 2.95 bits per heavy atom. The number of aromatic amines is 1. The number of halogens is 1. The highest BCUT2D eigenvalue weighted by Crippen LogP contribution is 2.25. The van der Waals surface area contributed by atoms with Gasteiger partial charge in [-0.05, 0) is 43.3 Å². The van der Waals surface area contributed by atoms with Gasteiger partial charge in [0.05, 0.1) is 22.0 Å². The zero-order valence-electron chi connectivity index (χ0n) is 10.1. The van der Waals surface area contributed by atoms with Crippen LogP contribution in [0.2, 0.25) is 0 Å². The van der Waals surface area contributed by atoms with Gasteiger partial charge in [0.15, 0.2) is 14.6 Å². The van der Waals surface area contributed by atoms with Gasteiger partial charge < -0.3 is 9.55 Å². The summed E-state index contributed by atoms with van der Waals surface area (Å²) in [5, 5.41) is -0.308. The number of aromatic nitrogens is 2. The fraction of sp³-hybridized carbons (Fsp3) is 0.417. The van der Waals surface area contributed by atoms with E-state index in [1.165, 1.54) is 0 Å². The molecule has 1 N–H and O–H groups in total. The van der Waals surface area contributed by atoms with Crippen LogP contribution in [-0.2, 0) is 16.4 Å². The van der Waals surface area contributed by atoms with E-state index in [1.54, 1.807) is 0 Å². The minimum absolute atomic E-state index is 0.303. The molecule has 0 radical (unpaired) electrons. The van der Waals surface area contributed by atoms with E-state index in [0.717, 1.165) is 28.3 Å². The summed E-state index contributed by atoms with van der Waals surface area (Å²) in [5.41, 5.74) is 1.88. The largest absolute Gasteiger partial charge is 0.331 e. The number of H-pyrrole nitrogens is 1. The highest BCUT2D eigenvalue weighted by molar-refractivity contribution is 9.10. The molecule has 19 heavy (non-hydrogen) atoms. The van der Waals surface area contributed by atoms with E-state index in [2.05, 4.69) is 20.9 Å². The smallest absolute Gasteiger partial charge is 0.178 e. The van der Waals surface area contributed by atoms with Crippen molar-refractivity contribution in [2.24, 2.45) is 0 Å². The number of nitrogens with zero attached hydrogens (tertiary/aromatic N) is 1. The van der Waals surface area contributed by atoms with E-state index < -0.39 is 9.84 Å². The van der Waals surface area contributed by atoms with Crippen molar-refractivity contribution in [2.45, 2.75) is 24.6 Å². The van der Waals surface area contributed by atoms with Gasteiger partial charge in [-0.15, -0.1) is 0 Å². The molecule has 3 rings (SSSR count). The van der Waals surface area contributed by atoms with Crippen LogP contribution in [0.3, 0.4) is 0 Å². The van der Waals surface area contributed by atoms with Crippen molar-refractivity contribution in [1.82, 2.24) is 9.55 Å². The quantitative estimate of drug-likeness (QED) is 0.837. The molecule has 1 fully saturated rings. The molecule has 1 aromatic heterocycles. The Morgan fingerprint density at radius 1 is 1.47 bits per heavy atom. The molecule has 1 atom stereocenters. The summed E-state index contributed by atoms with van der Waals surface area (Å²) in [5.74, 6) is 0.303. The highest BCUT2D eigenvalue weighted by Gasteiger charge is 2.31. The lowest BCUT2D eigenvalue weighted by Gasteiger charge is -2.11. The Morgan fingerprint density at radius 2 is 2.26 bits per heavy atom. The molecule has 0 saturated carbocycles. The maximum atomic E-state index is 11.9. The Labute approximate surface area is 124 Å². The Hall–Kier alpha value is -0.660. The topological polar surface area (TPSA) is 54.9 Å². The zero-order valence-corrected chi connectivity index (χ0v) is 13.3. The van der Waals surface area contributed by atoms with Crippen LogP contribution in [0.25, 0.3) is 11.0 Å². The van der Waals surface area contributed by atoms with Crippen molar-refractivity contribution in [1.29, 1.82) is 0 Å². The number of fused-ring (bicyclic) bond motifs is 1. The van der Waals surface area contributed by atoms with Gasteiger partial charge in [-0.3, -0.25) is 0 Å². The van der Waals surface area contributed by atoms with E-state index in [-0.39, 0.29) is 5.25 Å². The van der Waals surface area contributed by atoms with Gasteiger partial charge in [0.1, 0.15) is 0 Å². The van der Waals surface area contributed by atoms with Gasteiger partial charge in [-0.2, -0.15) is 0 Å². The normalized spacial score (nSPS) is 22.1. The molecule has 2 aromatic rings. The predicted molar refractivity (Wildman–Crippen MR) is 81.6 cm³/mol. The number of rotatable bonds is 2. The van der Waals surface area contributed by atoms with Crippen LogP contribution in [0.1, 0.15) is 12.8 Å². The predicted octanol–water partition coefficient (Wildman–Crippen LogP) is 3.04. The monoisotopic (exact) mass is 360 g/mol.